The van der Waals surface area contributed by atoms with Crippen LogP contribution in [-0.4, -0.2) is 27.0 Å². The Morgan fingerprint density at radius 3 is 2.92 bits per heavy atom. The molecular formula is C17H18N4OS3. The maximum atomic E-state index is 12.2. The number of amides is 1. The van der Waals surface area contributed by atoms with Crippen LogP contribution in [0, 0.1) is 28.1 Å². The smallest absolute Gasteiger partial charge is 0.231 e. The molecule has 0 spiro atoms. The zero-order valence-electron chi connectivity index (χ0n) is 14.0. The third kappa shape index (κ3) is 4.11. The van der Waals surface area contributed by atoms with Gasteiger partial charge in [0.15, 0.2) is 8.29 Å². The van der Waals surface area contributed by atoms with Gasteiger partial charge in [0, 0.05) is 0 Å². The van der Waals surface area contributed by atoms with Gasteiger partial charge in [-0.3, -0.25) is 4.79 Å². The number of thioether (sulfide) groups is 1. The fourth-order valence-corrected chi connectivity index (χ4v) is 4.75. The molecule has 25 heavy (non-hydrogen) atoms. The Bertz CT molecular complexity index is 894. The minimum Gasteiger partial charge on any atom is -0.337 e. The van der Waals surface area contributed by atoms with E-state index in [4.69, 9.17) is 12.2 Å². The van der Waals surface area contributed by atoms with E-state index in [0.29, 0.717) is 3.95 Å². The van der Waals surface area contributed by atoms with E-state index >= 15 is 0 Å². The van der Waals surface area contributed by atoms with E-state index < -0.39 is 5.54 Å². The summed E-state index contributed by atoms with van der Waals surface area (Å²) in [5.41, 5.74) is 1.28. The van der Waals surface area contributed by atoms with Crippen molar-refractivity contribution in [2.75, 3.05) is 5.75 Å². The number of nitrogens with one attached hydrogen (secondary N) is 1. The Kier molecular flexibility index (Phi) is 5.27. The van der Waals surface area contributed by atoms with Gasteiger partial charge in [0.2, 0.25) is 5.91 Å². The van der Waals surface area contributed by atoms with Crippen LogP contribution in [0.2, 0.25) is 0 Å². The van der Waals surface area contributed by atoms with Crippen molar-refractivity contribution < 1.29 is 4.79 Å². The Labute approximate surface area is 160 Å². The molecule has 0 saturated heterocycles. The van der Waals surface area contributed by atoms with E-state index in [1.165, 1.54) is 23.1 Å². The standard InChI is InChI=1S/C17H18N4OS3/c1-11-5-3-4-6-13(11)21-16(23)25-15(20-21)24-9-14(22)19-17(2,10-18)12-7-8-12/h3-6,12H,7-9H2,1-2H3,(H,19,22)/t17-/m0/s1. The average Bonchev–Trinajstić information content (AvgIpc) is 3.38. The molecule has 0 radical (unpaired) electrons. The Morgan fingerprint density at radius 2 is 2.28 bits per heavy atom. The van der Waals surface area contributed by atoms with Gasteiger partial charge in [-0.15, -0.1) is 5.10 Å². The fourth-order valence-electron chi connectivity index (χ4n) is 2.61. The topological polar surface area (TPSA) is 70.7 Å². The van der Waals surface area contributed by atoms with E-state index in [1.54, 1.807) is 11.6 Å². The second kappa shape index (κ2) is 7.28. The normalized spacial score (nSPS) is 16.0. The number of nitriles is 1. The molecule has 0 unspecified atom stereocenters. The lowest BCUT2D eigenvalue weighted by Crippen LogP contribution is -2.47. The Hall–Kier alpha value is -1.69. The first-order valence-electron chi connectivity index (χ1n) is 7.94. The van der Waals surface area contributed by atoms with Crippen LogP contribution in [0.4, 0.5) is 0 Å². The number of aryl methyl sites for hydroxylation is 1. The molecule has 1 aromatic carbocycles. The third-order valence-electron chi connectivity index (χ3n) is 4.22. The molecule has 0 bridgehead atoms. The molecule has 2 aromatic rings. The number of benzene rings is 1. The first-order chi connectivity index (χ1) is 11.9. The van der Waals surface area contributed by atoms with Crippen molar-refractivity contribution in [1.82, 2.24) is 15.1 Å². The van der Waals surface area contributed by atoms with Gasteiger partial charge < -0.3 is 5.32 Å². The van der Waals surface area contributed by atoms with Crippen molar-refractivity contribution in [3.63, 3.8) is 0 Å². The van der Waals surface area contributed by atoms with Crippen LogP contribution in [0.15, 0.2) is 28.6 Å². The molecule has 5 nitrogen and oxygen atoms in total. The van der Waals surface area contributed by atoms with Crippen molar-refractivity contribution in [2.24, 2.45) is 5.92 Å². The number of nitrogens with zero attached hydrogens (tertiary/aromatic N) is 3. The van der Waals surface area contributed by atoms with Crippen LogP contribution in [0.1, 0.15) is 25.3 Å². The lowest BCUT2D eigenvalue weighted by Gasteiger charge is -2.22. The van der Waals surface area contributed by atoms with Crippen molar-refractivity contribution >= 4 is 41.2 Å². The SMILES string of the molecule is Cc1ccccc1-n1nc(SCC(=O)N[C@@](C)(C#N)C2CC2)sc1=S. The molecule has 1 amide bonds. The zero-order valence-corrected chi connectivity index (χ0v) is 16.4. The highest BCUT2D eigenvalue weighted by atomic mass is 32.2. The second-order valence-electron chi connectivity index (χ2n) is 6.26. The number of hydrogen-bond acceptors (Lipinski definition) is 6. The number of rotatable bonds is 6. The Morgan fingerprint density at radius 1 is 1.56 bits per heavy atom. The molecule has 1 atom stereocenters. The van der Waals surface area contributed by atoms with Gasteiger partial charge in [-0.1, -0.05) is 41.3 Å². The van der Waals surface area contributed by atoms with Gasteiger partial charge >= 0.3 is 0 Å². The third-order valence-corrected chi connectivity index (χ3v) is 6.59. The molecule has 130 valence electrons. The number of carbonyl (C=O) groups excluding carboxylic acids is 1. The molecular weight excluding hydrogens is 372 g/mol. The minimum absolute atomic E-state index is 0.149. The van der Waals surface area contributed by atoms with E-state index in [2.05, 4.69) is 16.5 Å². The first kappa shape index (κ1) is 18.1. The highest BCUT2D eigenvalue weighted by Crippen LogP contribution is 2.39. The lowest BCUT2D eigenvalue weighted by molar-refractivity contribution is -0.119. The van der Waals surface area contributed by atoms with Gasteiger partial charge in [-0.2, -0.15) is 5.26 Å². The largest absolute Gasteiger partial charge is 0.337 e. The maximum absolute atomic E-state index is 12.2. The van der Waals surface area contributed by atoms with E-state index in [1.807, 2.05) is 31.2 Å². The predicted molar refractivity (Wildman–Crippen MR) is 103 cm³/mol. The van der Waals surface area contributed by atoms with Gasteiger partial charge in [-0.25, -0.2) is 4.68 Å². The van der Waals surface area contributed by atoms with Gasteiger partial charge in [0.05, 0.1) is 17.5 Å². The molecule has 0 aliphatic heterocycles. The van der Waals surface area contributed by atoms with Crippen LogP contribution in [-0.2, 0) is 4.79 Å². The van der Waals surface area contributed by atoms with E-state index in [0.717, 1.165) is 28.4 Å². The van der Waals surface area contributed by atoms with Crippen LogP contribution < -0.4 is 5.32 Å². The van der Waals surface area contributed by atoms with Crippen molar-refractivity contribution in [3.05, 3.63) is 33.8 Å². The fraction of sp³-hybridized carbons (Fsp3) is 0.412. The molecule has 8 heteroatoms. The maximum Gasteiger partial charge on any atom is 0.231 e. The monoisotopic (exact) mass is 390 g/mol. The summed E-state index contributed by atoms with van der Waals surface area (Å²) < 4.78 is 3.13. The summed E-state index contributed by atoms with van der Waals surface area (Å²) in [6, 6.07) is 10.1. The number of aromatic nitrogens is 2. The molecule has 1 aliphatic rings. The molecule has 1 saturated carbocycles. The lowest BCUT2D eigenvalue weighted by atomic mass is 9.98. The summed E-state index contributed by atoms with van der Waals surface area (Å²) in [4.78, 5) is 12.2. The molecule has 1 aromatic heterocycles. The summed E-state index contributed by atoms with van der Waals surface area (Å²) in [7, 11) is 0. The van der Waals surface area contributed by atoms with Crippen LogP contribution in [0.5, 0.6) is 0 Å². The average molecular weight is 391 g/mol. The highest BCUT2D eigenvalue weighted by Gasteiger charge is 2.42. The van der Waals surface area contributed by atoms with E-state index in [-0.39, 0.29) is 17.6 Å². The molecule has 1 N–H and O–H groups in total. The van der Waals surface area contributed by atoms with Gasteiger partial charge in [0.1, 0.15) is 5.54 Å². The minimum atomic E-state index is -0.759. The van der Waals surface area contributed by atoms with Crippen LogP contribution >= 0.6 is 35.3 Å². The summed E-state index contributed by atoms with van der Waals surface area (Å²) in [5, 5.41) is 16.7. The highest BCUT2D eigenvalue weighted by molar-refractivity contribution is 8.01. The summed E-state index contributed by atoms with van der Waals surface area (Å²) in [5.74, 6) is 0.346. The van der Waals surface area contributed by atoms with E-state index in [9.17, 15) is 10.1 Å². The van der Waals surface area contributed by atoms with Crippen molar-refractivity contribution in [1.29, 1.82) is 5.26 Å². The van der Waals surface area contributed by atoms with Gasteiger partial charge in [-0.05, 0) is 56.5 Å². The number of hydrogen-bond donors (Lipinski definition) is 1. The van der Waals surface area contributed by atoms with Crippen molar-refractivity contribution in [3.8, 4) is 11.8 Å². The van der Waals surface area contributed by atoms with Crippen LogP contribution in [0.25, 0.3) is 5.69 Å². The molecule has 1 heterocycles. The zero-order chi connectivity index (χ0) is 18.0. The predicted octanol–water partition coefficient (Wildman–Crippen LogP) is 3.87. The Balaban J connectivity index is 1.66. The summed E-state index contributed by atoms with van der Waals surface area (Å²) >= 11 is 8.14. The van der Waals surface area contributed by atoms with Gasteiger partial charge in [0.25, 0.3) is 0 Å². The first-order valence-corrected chi connectivity index (χ1v) is 10.2. The number of carbonyl (C=O) groups is 1. The van der Waals surface area contributed by atoms with Crippen molar-refractivity contribution in [2.45, 2.75) is 36.6 Å². The quantitative estimate of drug-likeness (QED) is 0.599. The number of para-hydroxylation sites is 1. The summed E-state index contributed by atoms with van der Waals surface area (Å²) in [6.07, 6.45) is 2.00. The molecule has 3 rings (SSSR count). The van der Waals surface area contributed by atoms with Crippen LogP contribution in [0.3, 0.4) is 0 Å². The summed E-state index contributed by atoms with van der Waals surface area (Å²) in [6.45, 7) is 3.81. The molecule has 1 fully saturated rings. The molecule has 1 aliphatic carbocycles. The second-order valence-corrected chi connectivity index (χ2v) is 9.10.